The fourth-order valence-corrected chi connectivity index (χ4v) is 3.14. The SMILES string of the molecule is O=C(c1ccco1)N1CCN(Cc2noc(-c3ccccc3Cl)n2)CC1. The lowest BCUT2D eigenvalue weighted by Crippen LogP contribution is -2.48. The summed E-state index contributed by atoms with van der Waals surface area (Å²) in [5.74, 6) is 1.32. The molecule has 8 heteroatoms. The van der Waals surface area contributed by atoms with Crippen molar-refractivity contribution in [3.8, 4) is 11.5 Å². The molecule has 134 valence electrons. The Hall–Kier alpha value is -2.64. The van der Waals surface area contributed by atoms with Crippen molar-refractivity contribution in [2.24, 2.45) is 0 Å². The van der Waals surface area contributed by atoms with E-state index in [0.717, 1.165) is 18.7 Å². The van der Waals surface area contributed by atoms with Crippen LogP contribution in [0.5, 0.6) is 0 Å². The molecular weight excluding hydrogens is 356 g/mol. The number of carbonyl (C=O) groups excluding carboxylic acids is 1. The summed E-state index contributed by atoms with van der Waals surface area (Å²) >= 11 is 6.16. The number of piperazine rings is 1. The molecule has 0 spiro atoms. The molecule has 0 aliphatic carbocycles. The van der Waals surface area contributed by atoms with E-state index in [-0.39, 0.29) is 5.91 Å². The zero-order chi connectivity index (χ0) is 17.9. The molecule has 0 N–H and O–H groups in total. The molecule has 3 aromatic rings. The summed E-state index contributed by atoms with van der Waals surface area (Å²) in [6.07, 6.45) is 1.51. The number of hydrogen-bond donors (Lipinski definition) is 0. The van der Waals surface area contributed by atoms with Crippen molar-refractivity contribution < 1.29 is 13.7 Å². The maximum absolute atomic E-state index is 12.3. The average Bonchev–Trinajstić information content (AvgIpc) is 3.34. The topological polar surface area (TPSA) is 75.6 Å². The van der Waals surface area contributed by atoms with Crippen LogP contribution in [0.2, 0.25) is 5.02 Å². The van der Waals surface area contributed by atoms with Crippen molar-refractivity contribution in [2.45, 2.75) is 6.54 Å². The summed E-state index contributed by atoms with van der Waals surface area (Å²) < 4.78 is 10.5. The molecule has 1 aliphatic rings. The van der Waals surface area contributed by atoms with Gasteiger partial charge < -0.3 is 13.8 Å². The normalized spacial score (nSPS) is 15.3. The van der Waals surface area contributed by atoms with Gasteiger partial charge in [-0.1, -0.05) is 28.9 Å². The quantitative estimate of drug-likeness (QED) is 0.701. The minimum Gasteiger partial charge on any atom is -0.459 e. The molecular formula is C18H17ClN4O3. The van der Waals surface area contributed by atoms with Crippen LogP contribution in [-0.4, -0.2) is 52.0 Å². The first kappa shape index (κ1) is 16.8. The standard InChI is InChI=1S/C18H17ClN4O3/c19-14-5-2-1-4-13(14)17-20-16(21-26-17)12-22-7-9-23(10-8-22)18(24)15-6-3-11-25-15/h1-6,11H,7-10,12H2. The predicted molar refractivity (Wildman–Crippen MR) is 94.6 cm³/mol. The summed E-state index contributed by atoms with van der Waals surface area (Å²) in [5.41, 5.74) is 0.724. The molecule has 4 rings (SSSR count). The average molecular weight is 373 g/mol. The number of hydrogen-bond acceptors (Lipinski definition) is 6. The predicted octanol–water partition coefficient (Wildman–Crippen LogP) is 2.94. The number of carbonyl (C=O) groups is 1. The van der Waals surface area contributed by atoms with E-state index < -0.39 is 0 Å². The third-order valence-corrected chi connectivity index (χ3v) is 4.66. The van der Waals surface area contributed by atoms with Crippen LogP contribution < -0.4 is 0 Å². The van der Waals surface area contributed by atoms with Gasteiger partial charge in [0, 0.05) is 26.2 Å². The summed E-state index contributed by atoms with van der Waals surface area (Å²) in [4.78, 5) is 20.7. The van der Waals surface area contributed by atoms with E-state index >= 15 is 0 Å². The van der Waals surface area contributed by atoms with E-state index in [0.29, 0.717) is 42.1 Å². The van der Waals surface area contributed by atoms with Crippen molar-refractivity contribution in [1.82, 2.24) is 19.9 Å². The van der Waals surface area contributed by atoms with Crippen LogP contribution in [0.25, 0.3) is 11.5 Å². The Balaban J connectivity index is 1.35. The highest BCUT2D eigenvalue weighted by atomic mass is 35.5. The van der Waals surface area contributed by atoms with Gasteiger partial charge in [0.2, 0.25) is 0 Å². The zero-order valence-electron chi connectivity index (χ0n) is 14.0. The van der Waals surface area contributed by atoms with Gasteiger partial charge >= 0.3 is 0 Å². The lowest BCUT2D eigenvalue weighted by molar-refractivity contribution is 0.0594. The lowest BCUT2D eigenvalue weighted by Gasteiger charge is -2.33. The fraction of sp³-hybridized carbons (Fsp3) is 0.278. The molecule has 7 nitrogen and oxygen atoms in total. The molecule has 1 fully saturated rings. The van der Waals surface area contributed by atoms with Gasteiger partial charge in [-0.15, -0.1) is 0 Å². The Labute approximate surface area is 155 Å². The monoisotopic (exact) mass is 372 g/mol. The summed E-state index contributed by atoms with van der Waals surface area (Å²) in [6, 6.07) is 10.8. The molecule has 0 radical (unpaired) electrons. The second-order valence-electron chi connectivity index (χ2n) is 6.04. The number of aromatic nitrogens is 2. The lowest BCUT2D eigenvalue weighted by atomic mass is 10.2. The molecule has 3 heterocycles. The van der Waals surface area contributed by atoms with E-state index in [2.05, 4.69) is 15.0 Å². The van der Waals surface area contributed by atoms with Gasteiger partial charge in [0.05, 0.1) is 23.4 Å². The number of nitrogens with zero attached hydrogens (tertiary/aromatic N) is 4. The number of amides is 1. The Morgan fingerprint density at radius 2 is 1.92 bits per heavy atom. The molecule has 26 heavy (non-hydrogen) atoms. The summed E-state index contributed by atoms with van der Waals surface area (Å²) in [6.45, 7) is 3.31. The van der Waals surface area contributed by atoms with Crippen LogP contribution in [0.3, 0.4) is 0 Å². The van der Waals surface area contributed by atoms with Crippen LogP contribution in [0.15, 0.2) is 51.6 Å². The van der Waals surface area contributed by atoms with E-state index in [1.807, 2.05) is 18.2 Å². The Bertz CT molecular complexity index is 885. The van der Waals surface area contributed by atoms with E-state index in [9.17, 15) is 4.79 Å². The van der Waals surface area contributed by atoms with Crippen LogP contribution in [-0.2, 0) is 6.54 Å². The molecule has 2 aromatic heterocycles. The molecule has 1 aliphatic heterocycles. The molecule has 0 saturated carbocycles. The van der Waals surface area contributed by atoms with Gasteiger partial charge in [-0.2, -0.15) is 4.98 Å². The first-order valence-electron chi connectivity index (χ1n) is 8.33. The van der Waals surface area contributed by atoms with Gasteiger partial charge in [-0.25, -0.2) is 0 Å². The van der Waals surface area contributed by atoms with Gasteiger partial charge in [0.15, 0.2) is 11.6 Å². The van der Waals surface area contributed by atoms with Crippen LogP contribution in [0.1, 0.15) is 16.4 Å². The molecule has 1 aromatic carbocycles. The zero-order valence-corrected chi connectivity index (χ0v) is 14.7. The third kappa shape index (κ3) is 3.49. The van der Waals surface area contributed by atoms with Crippen molar-refractivity contribution in [3.05, 3.63) is 59.3 Å². The van der Waals surface area contributed by atoms with Gasteiger partial charge in [-0.05, 0) is 24.3 Å². The molecule has 0 atom stereocenters. The van der Waals surface area contributed by atoms with Crippen molar-refractivity contribution >= 4 is 17.5 Å². The van der Waals surface area contributed by atoms with E-state index in [1.54, 1.807) is 23.1 Å². The second-order valence-corrected chi connectivity index (χ2v) is 6.45. The van der Waals surface area contributed by atoms with Crippen LogP contribution >= 0.6 is 11.6 Å². The summed E-state index contributed by atoms with van der Waals surface area (Å²) in [5, 5.41) is 4.62. The van der Waals surface area contributed by atoms with Crippen LogP contribution in [0.4, 0.5) is 0 Å². The van der Waals surface area contributed by atoms with Crippen molar-refractivity contribution in [3.63, 3.8) is 0 Å². The molecule has 1 amide bonds. The minimum absolute atomic E-state index is 0.0739. The van der Waals surface area contributed by atoms with Gasteiger partial charge in [-0.3, -0.25) is 9.69 Å². The molecule has 1 saturated heterocycles. The third-order valence-electron chi connectivity index (χ3n) is 4.33. The molecule has 0 bridgehead atoms. The first-order chi connectivity index (χ1) is 12.7. The number of furan rings is 1. The number of benzene rings is 1. The Morgan fingerprint density at radius 3 is 2.65 bits per heavy atom. The fourth-order valence-electron chi connectivity index (χ4n) is 2.93. The van der Waals surface area contributed by atoms with Crippen LogP contribution in [0, 0.1) is 0 Å². The van der Waals surface area contributed by atoms with Gasteiger partial charge in [0.25, 0.3) is 11.8 Å². The highest BCUT2D eigenvalue weighted by molar-refractivity contribution is 6.33. The summed E-state index contributed by atoms with van der Waals surface area (Å²) in [7, 11) is 0. The molecule has 0 unspecified atom stereocenters. The van der Waals surface area contributed by atoms with E-state index in [1.165, 1.54) is 6.26 Å². The second kappa shape index (κ2) is 7.31. The minimum atomic E-state index is -0.0739. The highest BCUT2D eigenvalue weighted by Crippen LogP contribution is 2.26. The smallest absolute Gasteiger partial charge is 0.289 e. The van der Waals surface area contributed by atoms with E-state index in [4.69, 9.17) is 20.5 Å². The Kier molecular flexibility index (Phi) is 4.73. The maximum Gasteiger partial charge on any atom is 0.289 e. The largest absolute Gasteiger partial charge is 0.459 e. The first-order valence-corrected chi connectivity index (χ1v) is 8.71. The number of halogens is 1. The maximum atomic E-state index is 12.3. The van der Waals surface area contributed by atoms with Gasteiger partial charge in [0.1, 0.15) is 0 Å². The Morgan fingerprint density at radius 1 is 1.12 bits per heavy atom. The van der Waals surface area contributed by atoms with Crippen molar-refractivity contribution in [2.75, 3.05) is 26.2 Å². The van der Waals surface area contributed by atoms with Crippen molar-refractivity contribution in [1.29, 1.82) is 0 Å². The highest BCUT2D eigenvalue weighted by Gasteiger charge is 2.24. The number of rotatable bonds is 4.